The number of hydrogen-bond acceptors (Lipinski definition) is 8. The van der Waals surface area contributed by atoms with Gasteiger partial charge in [-0.3, -0.25) is 4.57 Å². The molecule has 9 rings (SSSR count). The first kappa shape index (κ1) is 39.1. The van der Waals surface area contributed by atoms with E-state index < -0.39 is 12.5 Å². The number of phenols is 3. The molecule has 0 amide bonds. The lowest BCUT2D eigenvalue weighted by Gasteiger charge is -2.44. The summed E-state index contributed by atoms with van der Waals surface area (Å²) in [6.45, 7) is 1.23. The molecule has 0 spiro atoms. The van der Waals surface area contributed by atoms with Gasteiger partial charge in [0.1, 0.15) is 28.2 Å². The molecule has 0 fully saturated rings. The fourth-order valence-corrected chi connectivity index (χ4v) is 11.5. The molecule has 8 aromatic rings. The second kappa shape index (κ2) is 16.7. The van der Waals surface area contributed by atoms with Gasteiger partial charge < -0.3 is 35.8 Å². The fourth-order valence-electron chi connectivity index (χ4n) is 8.23. The van der Waals surface area contributed by atoms with Crippen LogP contribution in [-0.4, -0.2) is 15.3 Å². The third-order valence-electron chi connectivity index (χ3n) is 11.4. The Morgan fingerprint density at radius 3 is 1.16 bits per heavy atom. The predicted molar refractivity (Wildman–Crippen MR) is 245 cm³/mol. The molecule has 9 heteroatoms. The number of rotatable bonds is 13. The first-order chi connectivity index (χ1) is 29.8. The minimum atomic E-state index is -4.06. The zero-order valence-electron chi connectivity index (χ0n) is 33.2. The Labute approximate surface area is 355 Å². The van der Waals surface area contributed by atoms with Crippen LogP contribution in [0.2, 0.25) is 0 Å². The van der Waals surface area contributed by atoms with Crippen LogP contribution in [0.5, 0.6) is 23.0 Å². The average molecular weight is 822 g/mol. The van der Waals surface area contributed by atoms with Crippen LogP contribution in [0.15, 0.2) is 194 Å². The van der Waals surface area contributed by atoms with Crippen molar-refractivity contribution in [1.29, 1.82) is 0 Å². The molecule has 0 radical (unpaired) electrons. The Hall–Kier alpha value is -7.41. The summed E-state index contributed by atoms with van der Waals surface area (Å²) in [5.74, 6) is 1.19. The number of phenolic OH excluding ortho intramolecular Hbond substituents is 3. The molecule has 8 aromatic carbocycles. The van der Waals surface area contributed by atoms with Crippen LogP contribution in [0, 0.1) is 0 Å². The van der Waals surface area contributed by atoms with Crippen molar-refractivity contribution in [1.82, 2.24) is 0 Å². The predicted octanol–water partition coefficient (Wildman–Crippen LogP) is 11.6. The fraction of sp³-hybridized carbons (Fsp3) is 0.0769. The summed E-state index contributed by atoms with van der Waals surface area (Å²) in [6, 6.07) is 61.2. The van der Waals surface area contributed by atoms with Gasteiger partial charge in [0.05, 0.1) is 5.30 Å². The van der Waals surface area contributed by atoms with E-state index in [1.54, 1.807) is 36.4 Å². The van der Waals surface area contributed by atoms with E-state index in [1.807, 2.05) is 158 Å². The maximum Gasteiger partial charge on any atom is 0.296 e. The molecule has 0 aromatic heterocycles. The van der Waals surface area contributed by atoms with Crippen molar-refractivity contribution in [2.75, 3.05) is 16.0 Å². The quantitative estimate of drug-likeness (QED) is 0.0502. The molecule has 0 aliphatic carbocycles. The molecule has 0 saturated carbocycles. The molecule has 1 unspecified atom stereocenters. The van der Waals surface area contributed by atoms with Crippen molar-refractivity contribution in [3.05, 3.63) is 228 Å². The minimum absolute atomic E-state index is 0.217. The highest BCUT2D eigenvalue weighted by Gasteiger charge is 2.58. The van der Waals surface area contributed by atoms with E-state index in [4.69, 9.17) is 4.52 Å². The van der Waals surface area contributed by atoms with Crippen LogP contribution in [0.25, 0.3) is 11.1 Å². The van der Waals surface area contributed by atoms with Gasteiger partial charge in [-0.25, -0.2) is 0 Å². The summed E-state index contributed by atoms with van der Waals surface area (Å²) < 4.78 is 24.0. The molecule has 0 saturated heterocycles. The van der Waals surface area contributed by atoms with Crippen molar-refractivity contribution in [3.63, 3.8) is 0 Å². The summed E-state index contributed by atoms with van der Waals surface area (Å²) >= 11 is 0. The number of hydrogen-bond donors (Lipinski definition) is 6. The highest BCUT2D eigenvalue weighted by atomic mass is 31.2. The van der Waals surface area contributed by atoms with Gasteiger partial charge in [-0.05, 0) is 89.0 Å². The SMILES string of the molecule is O=P1(C(c2ccc(NCc3ccccc3O)cc2)(c2ccc(NCc3ccccc3O)cc2)c2ccc(NCc3ccccc3O)cc2)Oc2ccccc2-c2ccccc21. The number of anilines is 3. The van der Waals surface area contributed by atoms with Crippen molar-refractivity contribution in [3.8, 4) is 34.1 Å². The van der Waals surface area contributed by atoms with E-state index in [2.05, 4.69) is 16.0 Å². The van der Waals surface area contributed by atoms with Gasteiger partial charge in [-0.15, -0.1) is 0 Å². The molecule has 0 bridgehead atoms. The van der Waals surface area contributed by atoms with Gasteiger partial charge in [-0.1, -0.05) is 127 Å². The Morgan fingerprint density at radius 2 is 0.754 bits per heavy atom. The summed E-state index contributed by atoms with van der Waals surface area (Å²) in [5.41, 5.74) is 8.74. The maximum atomic E-state index is 17.0. The van der Waals surface area contributed by atoms with Gasteiger partial charge in [0.25, 0.3) is 7.37 Å². The highest BCUT2D eigenvalue weighted by Crippen LogP contribution is 2.71. The topological polar surface area (TPSA) is 123 Å². The zero-order valence-corrected chi connectivity index (χ0v) is 34.1. The first-order valence-electron chi connectivity index (χ1n) is 20.2. The van der Waals surface area contributed by atoms with Gasteiger partial charge in [0, 0.05) is 59.0 Å². The van der Waals surface area contributed by atoms with E-state index in [9.17, 15) is 15.3 Å². The van der Waals surface area contributed by atoms with E-state index in [1.165, 1.54) is 0 Å². The molecular formula is C52H44N3O5P. The number of aromatic hydroxyl groups is 3. The van der Waals surface area contributed by atoms with Crippen LogP contribution >= 0.6 is 7.37 Å². The van der Waals surface area contributed by atoms with E-state index >= 15 is 4.57 Å². The van der Waals surface area contributed by atoms with Crippen LogP contribution in [-0.2, 0) is 29.4 Å². The monoisotopic (exact) mass is 821 g/mol. The summed E-state index contributed by atoms with van der Waals surface area (Å²) in [6.07, 6.45) is 0. The number of benzene rings is 8. The lowest BCUT2D eigenvalue weighted by atomic mass is 9.83. The van der Waals surface area contributed by atoms with Crippen LogP contribution in [0.1, 0.15) is 33.4 Å². The molecule has 61 heavy (non-hydrogen) atoms. The van der Waals surface area contributed by atoms with Crippen LogP contribution in [0.4, 0.5) is 17.1 Å². The number of nitrogens with one attached hydrogen (secondary N) is 3. The highest BCUT2D eigenvalue weighted by molar-refractivity contribution is 7.69. The Kier molecular flexibility index (Phi) is 10.7. The zero-order chi connectivity index (χ0) is 41.8. The lowest BCUT2D eigenvalue weighted by Crippen LogP contribution is -2.38. The Morgan fingerprint density at radius 1 is 0.410 bits per heavy atom. The average Bonchev–Trinajstić information content (AvgIpc) is 3.30. The molecule has 302 valence electrons. The third-order valence-corrected chi connectivity index (χ3v) is 14.5. The van der Waals surface area contributed by atoms with E-state index in [-0.39, 0.29) is 17.2 Å². The van der Waals surface area contributed by atoms with Crippen molar-refractivity contribution < 1.29 is 24.4 Å². The normalized spacial score (nSPS) is 14.2. The van der Waals surface area contributed by atoms with Gasteiger partial charge >= 0.3 is 0 Å². The summed E-state index contributed by atoms with van der Waals surface area (Å²) in [7, 11) is -4.06. The van der Waals surface area contributed by atoms with Crippen LogP contribution < -0.4 is 25.8 Å². The summed E-state index contributed by atoms with van der Waals surface area (Å²) in [4.78, 5) is 0. The third kappa shape index (κ3) is 7.43. The van der Waals surface area contributed by atoms with Crippen molar-refractivity contribution >= 4 is 29.7 Å². The molecule has 1 aliphatic heterocycles. The minimum Gasteiger partial charge on any atom is -0.508 e. The molecule has 1 heterocycles. The molecule has 8 nitrogen and oxygen atoms in total. The molecule has 6 N–H and O–H groups in total. The molecule has 1 atom stereocenters. The second-order valence-electron chi connectivity index (χ2n) is 15.0. The smallest absolute Gasteiger partial charge is 0.296 e. The van der Waals surface area contributed by atoms with Crippen molar-refractivity contribution in [2.45, 2.75) is 24.8 Å². The maximum absolute atomic E-state index is 17.0. The Balaban J connectivity index is 1.20. The van der Waals surface area contributed by atoms with Crippen LogP contribution in [0.3, 0.4) is 0 Å². The van der Waals surface area contributed by atoms with Gasteiger partial charge in [0.15, 0.2) is 0 Å². The number of para-hydroxylation sites is 4. The second-order valence-corrected chi connectivity index (χ2v) is 17.5. The van der Waals surface area contributed by atoms with Gasteiger partial charge in [-0.2, -0.15) is 0 Å². The Bertz CT molecular complexity index is 2640. The van der Waals surface area contributed by atoms with Crippen molar-refractivity contribution in [2.24, 2.45) is 0 Å². The first-order valence-corrected chi connectivity index (χ1v) is 21.8. The largest absolute Gasteiger partial charge is 0.508 e. The molecule has 1 aliphatic rings. The van der Waals surface area contributed by atoms with E-state index in [0.29, 0.717) is 30.7 Å². The number of fused-ring (bicyclic) bond motifs is 3. The summed E-state index contributed by atoms with van der Waals surface area (Å²) in [5, 5.41) is 40.9. The van der Waals surface area contributed by atoms with Gasteiger partial charge in [0.2, 0.25) is 0 Å². The standard InChI is InChI=1S/C52H44N3O5P/c56-47-16-6-1-11-36(47)33-53-42-27-21-39(22-28-42)52(40-23-29-43(30-24-40)54-34-37-12-2-7-17-48(37)57,41-25-31-44(32-26-41)55-35-38-13-3-8-18-49(38)58)61(59)51-20-10-5-15-46(51)45-14-4-9-19-50(45)60-61/h1-32,53-58H,33-35H2. The molecular weight excluding hydrogens is 778 g/mol. The van der Waals surface area contributed by atoms with E-state index in [0.717, 1.165) is 61.6 Å². The lowest BCUT2D eigenvalue weighted by molar-refractivity contribution is 0.468.